The third-order valence-corrected chi connectivity index (χ3v) is 3.42. The average Bonchev–Trinajstić information content (AvgIpc) is 2.39. The summed E-state index contributed by atoms with van der Waals surface area (Å²) in [5.74, 6) is -1.41. The van der Waals surface area contributed by atoms with Crippen molar-refractivity contribution >= 4 is 33.5 Å². The molecule has 108 valence electrons. The van der Waals surface area contributed by atoms with Crippen LogP contribution in [-0.2, 0) is 0 Å². The number of nitrogens with one attached hydrogen (secondary N) is 1. The molecule has 0 aliphatic rings. The van der Waals surface area contributed by atoms with Crippen LogP contribution in [-0.4, -0.2) is 17.0 Å². The molecule has 2 aromatic carbocycles. The molecule has 0 fully saturated rings. The Balaban J connectivity index is 2.33. The topological polar surface area (TPSA) is 66.4 Å². The first kappa shape index (κ1) is 15.3. The Hall–Kier alpha value is -2.14. The minimum absolute atomic E-state index is 0.0788. The van der Waals surface area contributed by atoms with Gasteiger partial charge in [-0.05, 0) is 49.7 Å². The average molecular weight is 348 g/mol. The summed E-state index contributed by atoms with van der Waals surface area (Å²) in [5.41, 5.74) is 2.60. The highest BCUT2D eigenvalue weighted by Crippen LogP contribution is 2.20. The van der Waals surface area contributed by atoms with E-state index in [-0.39, 0.29) is 17.2 Å². The van der Waals surface area contributed by atoms with E-state index in [2.05, 4.69) is 21.2 Å². The zero-order valence-corrected chi connectivity index (χ0v) is 13.2. The van der Waals surface area contributed by atoms with Gasteiger partial charge in [-0.1, -0.05) is 27.6 Å². The first-order chi connectivity index (χ1) is 9.86. The van der Waals surface area contributed by atoms with Gasteiger partial charge in [-0.2, -0.15) is 0 Å². The van der Waals surface area contributed by atoms with E-state index in [0.29, 0.717) is 5.56 Å². The molecule has 0 aliphatic heterocycles. The zero-order chi connectivity index (χ0) is 15.6. The van der Waals surface area contributed by atoms with E-state index in [1.54, 1.807) is 31.2 Å². The number of carboxylic acid groups (broad SMARTS) is 1. The summed E-state index contributed by atoms with van der Waals surface area (Å²) in [6.45, 7) is 3.69. The molecular formula is C16H14BrNO3. The second-order valence-electron chi connectivity index (χ2n) is 4.83. The maximum atomic E-state index is 12.3. The molecular weight excluding hydrogens is 334 g/mol. The van der Waals surface area contributed by atoms with Crippen molar-refractivity contribution in [2.75, 3.05) is 5.32 Å². The minimum atomic E-state index is -1.07. The van der Waals surface area contributed by atoms with Crippen molar-refractivity contribution in [2.45, 2.75) is 13.8 Å². The van der Waals surface area contributed by atoms with Crippen LogP contribution in [0.5, 0.6) is 0 Å². The summed E-state index contributed by atoms with van der Waals surface area (Å²) in [5, 5.41) is 11.9. The number of rotatable bonds is 3. The quantitative estimate of drug-likeness (QED) is 0.881. The van der Waals surface area contributed by atoms with Gasteiger partial charge in [0.15, 0.2) is 0 Å². The Morgan fingerprint density at radius 1 is 1.05 bits per heavy atom. The van der Waals surface area contributed by atoms with Gasteiger partial charge in [-0.25, -0.2) is 4.79 Å². The van der Waals surface area contributed by atoms with Crippen LogP contribution in [0.15, 0.2) is 40.9 Å². The molecule has 0 saturated carbocycles. The smallest absolute Gasteiger partial charge is 0.337 e. The molecule has 0 aromatic heterocycles. The first-order valence-electron chi connectivity index (χ1n) is 6.29. The lowest BCUT2D eigenvalue weighted by molar-refractivity contribution is 0.0698. The van der Waals surface area contributed by atoms with E-state index >= 15 is 0 Å². The largest absolute Gasteiger partial charge is 0.478 e. The SMILES string of the molecule is Cc1cc(Br)cc(C(=O)Nc2ccc(C)cc2C(=O)O)c1. The van der Waals surface area contributed by atoms with Gasteiger partial charge in [-0.15, -0.1) is 0 Å². The molecule has 5 heteroatoms. The molecule has 0 aliphatic carbocycles. The lowest BCUT2D eigenvalue weighted by Crippen LogP contribution is -2.15. The maximum absolute atomic E-state index is 12.3. The van der Waals surface area contributed by atoms with Gasteiger partial charge in [0.2, 0.25) is 0 Å². The van der Waals surface area contributed by atoms with Gasteiger partial charge in [0, 0.05) is 10.0 Å². The van der Waals surface area contributed by atoms with Crippen LogP contribution in [0.3, 0.4) is 0 Å². The van der Waals surface area contributed by atoms with E-state index < -0.39 is 5.97 Å². The van der Waals surface area contributed by atoms with Crippen molar-refractivity contribution in [3.05, 3.63) is 63.1 Å². The second-order valence-corrected chi connectivity index (χ2v) is 5.74. The zero-order valence-electron chi connectivity index (χ0n) is 11.6. The summed E-state index contributed by atoms with van der Waals surface area (Å²) in [7, 11) is 0. The van der Waals surface area contributed by atoms with E-state index in [9.17, 15) is 14.7 Å². The molecule has 2 N–H and O–H groups in total. The summed E-state index contributed by atoms with van der Waals surface area (Å²) < 4.78 is 0.801. The van der Waals surface area contributed by atoms with Crippen molar-refractivity contribution in [2.24, 2.45) is 0 Å². The standard InChI is InChI=1S/C16H14BrNO3/c1-9-3-4-14(13(7-9)16(20)21)18-15(19)11-5-10(2)6-12(17)8-11/h3-8H,1-2H3,(H,18,19)(H,20,21). The minimum Gasteiger partial charge on any atom is -0.478 e. The van der Waals surface area contributed by atoms with Crippen molar-refractivity contribution in [1.82, 2.24) is 0 Å². The fourth-order valence-electron chi connectivity index (χ4n) is 2.01. The number of aromatic carboxylic acids is 1. The number of hydrogen-bond acceptors (Lipinski definition) is 2. The van der Waals surface area contributed by atoms with Crippen molar-refractivity contribution in [1.29, 1.82) is 0 Å². The monoisotopic (exact) mass is 347 g/mol. The van der Waals surface area contributed by atoms with Crippen LogP contribution >= 0.6 is 15.9 Å². The van der Waals surface area contributed by atoms with Crippen molar-refractivity contribution in [3.8, 4) is 0 Å². The summed E-state index contributed by atoms with van der Waals surface area (Å²) in [6.07, 6.45) is 0. The number of carboxylic acids is 1. The molecule has 2 aromatic rings. The van der Waals surface area contributed by atoms with E-state index in [1.807, 2.05) is 13.0 Å². The summed E-state index contributed by atoms with van der Waals surface area (Å²) >= 11 is 3.34. The number of amides is 1. The molecule has 0 spiro atoms. The van der Waals surface area contributed by atoms with Crippen LogP contribution in [0.2, 0.25) is 0 Å². The highest BCUT2D eigenvalue weighted by atomic mass is 79.9. The third kappa shape index (κ3) is 3.70. The Morgan fingerprint density at radius 3 is 2.38 bits per heavy atom. The van der Waals surface area contributed by atoms with E-state index in [4.69, 9.17) is 0 Å². The number of carbonyl (C=O) groups is 2. The van der Waals surface area contributed by atoms with Gasteiger partial charge in [0.25, 0.3) is 5.91 Å². The Kier molecular flexibility index (Phi) is 4.43. The third-order valence-electron chi connectivity index (χ3n) is 2.96. The highest BCUT2D eigenvalue weighted by Gasteiger charge is 2.14. The van der Waals surface area contributed by atoms with Crippen LogP contribution in [0.4, 0.5) is 5.69 Å². The van der Waals surface area contributed by atoms with Gasteiger partial charge in [-0.3, -0.25) is 4.79 Å². The highest BCUT2D eigenvalue weighted by molar-refractivity contribution is 9.10. The number of benzene rings is 2. The van der Waals surface area contributed by atoms with Gasteiger partial charge in [0.05, 0.1) is 11.3 Å². The van der Waals surface area contributed by atoms with Crippen LogP contribution in [0.25, 0.3) is 0 Å². The maximum Gasteiger partial charge on any atom is 0.337 e. The molecule has 2 rings (SSSR count). The molecule has 0 heterocycles. The van der Waals surface area contributed by atoms with Crippen LogP contribution < -0.4 is 5.32 Å². The Labute approximate surface area is 130 Å². The molecule has 0 unspecified atom stereocenters. The Morgan fingerprint density at radius 2 is 1.76 bits per heavy atom. The van der Waals surface area contributed by atoms with Crippen molar-refractivity contribution < 1.29 is 14.7 Å². The second kappa shape index (κ2) is 6.10. The van der Waals surface area contributed by atoms with E-state index in [1.165, 1.54) is 6.07 Å². The number of aryl methyl sites for hydroxylation is 2. The lowest BCUT2D eigenvalue weighted by Gasteiger charge is -2.10. The summed E-state index contributed by atoms with van der Waals surface area (Å²) in [4.78, 5) is 23.5. The number of anilines is 1. The molecule has 0 atom stereocenters. The molecule has 0 saturated heterocycles. The Bertz CT molecular complexity index is 705. The first-order valence-corrected chi connectivity index (χ1v) is 7.08. The van der Waals surface area contributed by atoms with Gasteiger partial charge in [0.1, 0.15) is 0 Å². The normalized spacial score (nSPS) is 10.2. The lowest BCUT2D eigenvalue weighted by atomic mass is 10.1. The van der Waals surface area contributed by atoms with Crippen molar-refractivity contribution in [3.63, 3.8) is 0 Å². The van der Waals surface area contributed by atoms with Crippen LogP contribution in [0, 0.1) is 13.8 Å². The fraction of sp³-hybridized carbons (Fsp3) is 0.125. The molecule has 1 amide bonds. The number of halogens is 1. The van der Waals surface area contributed by atoms with Crippen LogP contribution in [0.1, 0.15) is 31.8 Å². The van der Waals surface area contributed by atoms with Gasteiger partial charge >= 0.3 is 5.97 Å². The molecule has 21 heavy (non-hydrogen) atoms. The molecule has 4 nitrogen and oxygen atoms in total. The number of carbonyl (C=O) groups excluding carboxylic acids is 1. The molecule has 0 bridgehead atoms. The van der Waals surface area contributed by atoms with Gasteiger partial charge < -0.3 is 10.4 Å². The molecule has 0 radical (unpaired) electrons. The predicted molar refractivity (Wildman–Crippen MR) is 85.0 cm³/mol. The number of hydrogen-bond donors (Lipinski definition) is 2. The fourth-order valence-corrected chi connectivity index (χ4v) is 2.61. The van der Waals surface area contributed by atoms with E-state index in [0.717, 1.165) is 15.6 Å². The predicted octanol–water partition coefficient (Wildman–Crippen LogP) is 4.02. The summed E-state index contributed by atoms with van der Waals surface area (Å²) in [6, 6.07) is 10.2.